The smallest absolute Gasteiger partial charge is 0.374 e. The molecule has 0 N–H and O–H groups in total. The Morgan fingerprint density at radius 2 is 1.68 bits per heavy atom. The monoisotopic (exact) mass is 466 g/mol. The van der Waals surface area contributed by atoms with E-state index in [1.165, 1.54) is 0 Å². The van der Waals surface area contributed by atoms with Crippen LogP contribution in [-0.2, 0) is 11.3 Å². The molecule has 0 unspecified atom stereocenters. The number of benzene rings is 2. The molecule has 0 fully saturated rings. The molecule has 0 saturated heterocycles. The maximum atomic E-state index is 12.0. The van der Waals surface area contributed by atoms with Crippen molar-refractivity contribution < 1.29 is 37.3 Å². The molecule has 0 saturated carbocycles. The molecule has 178 valence electrons. The summed E-state index contributed by atoms with van der Waals surface area (Å²) in [4.78, 5) is 12.0. The Kier molecular flexibility index (Phi) is 6.67. The number of carbonyl (C=O) groups is 1. The van der Waals surface area contributed by atoms with E-state index in [9.17, 15) is 4.79 Å². The number of esters is 1. The van der Waals surface area contributed by atoms with Crippen molar-refractivity contribution in [2.24, 2.45) is 0 Å². The van der Waals surface area contributed by atoms with Crippen LogP contribution >= 0.6 is 0 Å². The molecule has 0 bridgehead atoms. The van der Waals surface area contributed by atoms with E-state index in [1.54, 1.807) is 53.6 Å². The molecular formula is C26H26O8. The highest BCUT2D eigenvalue weighted by molar-refractivity contribution is 5.95. The molecule has 8 heteroatoms. The van der Waals surface area contributed by atoms with E-state index in [1.807, 2.05) is 30.3 Å². The third kappa shape index (κ3) is 4.66. The minimum Gasteiger partial charge on any atom is -0.493 e. The van der Waals surface area contributed by atoms with Crippen LogP contribution in [0.1, 0.15) is 30.2 Å². The Labute approximate surface area is 196 Å². The van der Waals surface area contributed by atoms with Gasteiger partial charge in [-0.1, -0.05) is 0 Å². The van der Waals surface area contributed by atoms with Gasteiger partial charge in [0.05, 0.1) is 33.7 Å². The van der Waals surface area contributed by atoms with Gasteiger partial charge in [-0.25, -0.2) is 4.79 Å². The summed E-state index contributed by atoms with van der Waals surface area (Å²) >= 11 is 0. The van der Waals surface area contributed by atoms with Crippen LogP contribution in [-0.4, -0.2) is 33.4 Å². The first-order valence-electron chi connectivity index (χ1n) is 10.7. The number of rotatable bonds is 9. The summed E-state index contributed by atoms with van der Waals surface area (Å²) in [5.74, 6) is 2.36. The first-order valence-corrected chi connectivity index (χ1v) is 10.7. The molecule has 4 aromatic rings. The van der Waals surface area contributed by atoms with Gasteiger partial charge in [-0.05, 0) is 61.9 Å². The van der Waals surface area contributed by atoms with Gasteiger partial charge in [0.2, 0.25) is 11.5 Å². The highest BCUT2D eigenvalue weighted by Crippen LogP contribution is 2.43. The standard InChI is InChI=1S/C26H26O8/c1-15(2)33-26(27)22-9-7-18(34-22)13-31-17-6-8-21-19(12-17)20(14-32-21)16-10-23(28-3)25(30-5)24(11-16)29-4/h6-12,14-15H,13H2,1-5H3. The number of ether oxygens (including phenoxy) is 5. The molecule has 8 nitrogen and oxygen atoms in total. The van der Waals surface area contributed by atoms with Crippen molar-refractivity contribution in [3.63, 3.8) is 0 Å². The molecular weight excluding hydrogens is 440 g/mol. The van der Waals surface area contributed by atoms with E-state index >= 15 is 0 Å². The van der Waals surface area contributed by atoms with Gasteiger partial charge in [-0.3, -0.25) is 0 Å². The topological polar surface area (TPSA) is 89.5 Å². The number of hydrogen-bond acceptors (Lipinski definition) is 8. The van der Waals surface area contributed by atoms with Gasteiger partial charge in [0, 0.05) is 10.9 Å². The van der Waals surface area contributed by atoms with Crippen LogP contribution in [0.2, 0.25) is 0 Å². The highest BCUT2D eigenvalue weighted by Gasteiger charge is 2.18. The third-order valence-corrected chi connectivity index (χ3v) is 5.11. The van der Waals surface area contributed by atoms with Gasteiger partial charge in [0.15, 0.2) is 11.5 Å². The summed E-state index contributed by atoms with van der Waals surface area (Å²) in [6, 6.07) is 12.5. The van der Waals surface area contributed by atoms with E-state index in [0.717, 1.165) is 16.5 Å². The van der Waals surface area contributed by atoms with E-state index in [4.69, 9.17) is 32.5 Å². The predicted octanol–water partition coefficient (Wildman–Crippen LogP) is 5.86. The fraction of sp³-hybridized carbons (Fsp3) is 0.269. The van der Waals surface area contributed by atoms with Gasteiger partial charge >= 0.3 is 5.97 Å². The van der Waals surface area contributed by atoms with Crippen molar-refractivity contribution in [1.29, 1.82) is 0 Å². The normalized spacial score (nSPS) is 11.0. The second-order valence-corrected chi connectivity index (χ2v) is 7.73. The molecule has 0 atom stereocenters. The van der Waals surface area contributed by atoms with Crippen molar-refractivity contribution in [3.8, 4) is 34.1 Å². The maximum Gasteiger partial charge on any atom is 0.374 e. The summed E-state index contributed by atoms with van der Waals surface area (Å²) < 4.78 is 38.7. The highest BCUT2D eigenvalue weighted by atomic mass is 16.6. The Balaban J connectivity index is 1.58. The zero-order valence-electron chi connectivity index (χ0n) is 19.7. The summed E-state index contributed by atoms with van der Waals surface area (Å²) in [5.41, 5.74) is 2.38. The molecule has 34 heavy (non-hydrogen) atoms. The number of carbonyl (C=O) groups excluding carboxylic acids is 1. The summed E-state index contributed by atoms with van der Waals surface area (Å²) in [6.45, 7) is 3.71. The Bertz CT molecular complexity index is 1270. The lowest BCUT2D eigenvalue weighted by atomic mass is 10.0. The lowest BCUT2D eigenvalue weighted by Gasteiger charge is -2.13. The third-order valence-electron chi connectivity index (χ3n) is 5.11. The molecule has 2 aromatic heterocycles. The molecule has 0 amide bonds. The van der Waals surface area contributed by atoms with Crippen LogP contribution in [0, 0.1) is 0 Å². The fourth-order valence-electron chi connectivity index (χ4n) is 3.55. The van der Waals surface area contributed by atoms with Crippen LogP contribution in [0.3, 0.4) is 0 Å². The largest absolute Gasteiger partial charge is 0.493 e. The van der Waals surface area contributed by atoms with Crippen molar-refractivity contribution in [2.45, 2.75) is 26.6 Å². The Hall–Kier alpha value is -4.07. The second-order valence-electron chi connectivity index (χ2n) is 7.73. The predicted molar refractivity (Wildman–Crippen MR) is 125 cm³/mol. The lowest BCUT2D eigenvalue weighted by Crippen LogP contribution is -2.10. The van der Waals surface area contributed by atoms with E-state index in [2.05, 4.69) is 0 Å². The average molecular weight is 466 g/mol. The maximum absolute atomic E-state index is 12.0. The quantitative estimate of drug-likeness (QED) is 0.283. The van der Waals surface area contributed by atoms with Crippen molar-refractivity contribution in [1.82, 2.24) is 0 Å². The summed E-state index contributed by atoms with van der Waals surface area (Å²) in [5, 5.41) is 0.854. The van der Waals surface area contributed by atoms with Gasteiger partial charge in [-0.15, -0.1) is 0 Å². The SMILES string of the molecule is COc1cc(-c2coc3ccc(OCc4ccc(C(=O)OC(C)C)o4)cc23)cc(OC)c1OC. The zero-order chi connectivity index (χ0) is 24.2. The zero-order valence-corrected chi connectivity index (χ0v) is 19.7. The molecule has 2 heterocycles. The molecule has 2 aromatic carbocycles. The van der Waals surface area contributed by atoms with E-state index in [-0.39, 0.29) is 18.5 Å². The van der Waals surface area contributed by atoms with Gasteiger partial charge in [0.1, 0.15) is 23.7 Å². The fourth-order valence-corrected chi connectivity index (χ4v) is 3.55. The molecule has 0 aliphatic heterocycles. The van der Waals surface area contributed by atoms with Gasteiger partial charge in [-0.2, -0.15) is 0 Å². The van der Waals surface area contributed by atoms with Crippen molar-refractivity contribution >= 4 is 16.9 Å². The van der Waals surface area contributed by atoms with Crippen LogP contribution in [0.15, 0.2) is 57.6 Å². The second kappa shape index (κ2) is 9.82. The Morgan fingerprint density at radius 1 is 0.941 bits per heavy atom. The molecule has 0 aliphatic rings. The van der Waals surface area contributed by atoms with E-state index in [0.29, 0.717) is 34.3 Å². The summed E-state index contributed by atoms with van der Waals surface area (Å²) in [6.07, 6.45) is 1.45. The number of fused-ring (bicyclic) bond motifs is 1. The first kappa shape index (κ1) is 23.1. The molecule has 0 aliphatic carbocycles. The molecule has 4 rings (SSSR count). The van der Waals surface area contributed by atoms with Crippen molar-refractivity contribution in [3.05, 3.63) is 60.2 Å². The van der Waals surface area contributed by atoms with Gasteiger partial charge in [0.25, 0.3) is 0 Å². The average Bonchev–Trinajstić information content (AvgIpc) is 3.48. The lowest BCUT2D eigenvalue weighted by molar-refractivity contribution is 0.0337. The van der Waals surface area contributed by atoms with Gasteiger partial charge < -0.3 is 32.5 Å². The number of furan rings is 2. The minimum atomic E-state index is -0.504. The van der Waals surface area contributed by atoms with Crippen molar-refractivity contribution in [2.75, 3.05) is 21.3 Å². The van der Waals surface area contributed by atoms with Crippen LogP contribution in [0.25, 0.3) is 22.1 Å². The Morgan fingerprint density at radius 3 is 2.32 bits per heavy atom. The molecule has 0 spiro atoms. The van der Waals surface area contributed by atoms with E-state index < -0.39 is 5.97 Å². The molecule has 0 radical (unpaired) electrons. The van der Waals surface area contributed by atoms with Crippen LogP contribution in [0.5, 0.6) is 23.0 Å². The minimum absolute atomic E-state index is 0.141. The first-order chi connectivity index (χ1) is 16.4. The number of methoxy groups -OCH3 is 3. The number of hydrogen-bond donors (Lipinski definition) is 0. The van der Waals surface area contributed by atoms with Crippen LogP contribution in [0.4, 0.5) is 0 Å². The summed E-state index contributed by atoms with van der Waals surface area (Å²) in [7, 11) is 4.71. The van der Waals surface area contributed by atoms with Crippen LogP contribution < -0.4 is 18.9 Å².